The Morgan fingerprint density at radius 2 is 0.512 bits per heavy atom. The number of hydrogen-bond donors (Lipinski definition) is 0. The Morgan fingerprint density at radius 1 is 0.214 bits per heavy atom. The largest absolute Gasteiger partial charge is 0.306 e. The van der Waals surface area contributed by atoms with Gasteiger partial charge in [0, 0.05) is 92.8 Å². The highest BCUT2D eigenvalue weighted by molar-refractivity contribution is 7.26. The number of para-hydroxylation sites is 3. The molecule has 19 rings (SSSR count). The van der Waals surface area contributed by atoms with Gasteiger partial charge < -0.3 is 4.57 Å². The van der Waals surface area contributed by atoms with Gasteiger partial charge in [0.1, 0.15) is 5.82 Å². The molecule has 0 unspecified atom stereocenters. The molecule has 0 N–H and O–H groups in total. The monoisotopic (exact) mass is 1120 g/mol. The Hall–Kier alpha value is -10.2. The van der Waals surface area contributed by atoms with Crippen LogP contribution in [0.1, 0.15) is 0 Å². The van der Waals surface area contributed by atoms with E-state index < -0.39 is 0 Å². The zero-order valence-electron chi connectivity index (χ0n) is 44.9. The molecular weight excluding hydrogens is 1080 g/mol. The predicted octanol–water partition coefficient (Wildman–Crippen LogP) is 22.5. The van der Waals surface area contributed by atoms with Crippen molar-refractivity contribution in [3.8, 4) is 50.7 Å². The van der Waals surface area contributed by atoms with E-state index in [0.717, 1.165) is 50.4 Å². The third-order valence-electron chi connectivity index (χ3n) is 17.7. The van der Waals surface area contributed by atoms with Gasteiger partial charge in [0.15, 0.2) is 5.82 Å². The van der Waals surface area contributed by atoms with Gasteiger partial charge in [0.05, 0.1) is 38.8 Å². The minimum Gasteiger partial charge on any atom is -0.306 e. The summed E-state index contributed by atoms with van der Waals surface area (Å²) in [5.74, 6) is 1.69. The van der Waals surface area contributed by atoms with Gasteiger partial charge in [-0.1, -0.05) is 146 Å². The van der Waals surface area contributed by atoms with Crippen molar-refractivity contribution >= 4 is 160 Å². The molecule has 7 aromatic heterocycles. The van der Waals surface area contributed by atoms with E-state index in [0.29, 0.717) is 0 Å². The van der Waals surface area contributed by atoms with Gasteiger partial charge in [-0.15, -0.1) is 34.0 Å². The first-order valence-corrected chi connectivity index (χ1v) is 30.9. The topological polar surface area (TPSA) is 27.7 Å². The van der Waals surface area contributed by atoms with Gasteiger partial charge in [0.25, 0.3) is 0 Å². The van der Waals surface area contributed by atoms with Crippen LogP contribution in [-0.2, 0) is 0 Å². The number of benzene rings is 12. The van der Waals surface area contributed by atoms with Gasteiger partial charge >= 0.3 is 0 Å². The third-order valence-corrected chi connectivity index (χ3v) is 21.1. The van der Waals surface area contributed by atoms with Crippen molar-refractivity contribution in [1.82, 2.24) is 18.7 Å². The second kappa shape index (κ2) is 17.7. The number of thiophene rings is 3. The zero-order valence-corrected chi connectivity index (χ0v) is 47.4. The van der Waals surface area contributed by atoms with Gasteiger partial charge in [-0.05, 0) is 155 Å². The van der Waals surface area contributed by atoms with Gasteiger partial charge in [0.2, 0.25) is 0 Å². The van der Waals surface area contributed by atoms with Crippen molar-refractivity contribution in [2.75, 3.05) is 0 Å². The molecule has 0 bridgehead atoms. The summed E-state index contributed by atoms with van der Waals surface area (Å²) in [4.78, 5) is 6.03. The van der Waals surface area contributed by atoms with Crippen LogP contribution >= 0.6 is 34.0 Å². The molecule has 0 atom stereocenters. The number of fused-ring (bicyclic) bond motifs is 18. The molecule has 0 spiro atoms. The third kappa shape index (κ3) is 6.77. The van der Waals surface area contributed by atoms with Crippen molar-refractivity contribution in [1.29, 1.82) is 0 Å². The summed E-state index contributed by atoms with van der Waals surface area (Å²) >= 11 is 5.58. The average molecular weight is 1120 g/mol. The van der Waals surface area contributed by atoms with Crippen molar-refractivity contribution in [3.63, 3.8) is 0 Å². The van der Waals surface area contributed by atoms with Gasteiger partial charge in [-0.3, -0.25) is 9.13 Å². The van der Waals surface area contributed by atoms with Crippen molar-refractivity contribution in [3.05, 3.63) is 267 Å². The predicted molar refractivity (Wildman–Crippen MR) is 362 cm³/mol. The first-order chi connectivity index (χ1) is 41.6. The Bertz CT molecular complexity index is 6020. The molecule has 12 aromatic carbocycles. The normalized spacial score (nSPS) is 12.3. The Balaban J connectivity index is 0.842. The van der Waals surface area contributed by atoms with Crippen LogP contribution in [-0.4, -0.2) is 18.7 Å². The first-order valence-electron chi connectivity index (χ1n) is 28.5. The summed E-state index contributed by atoms with van der Waals surface area (Å²) in [7, 11) is 0. The fraction of sp³-hybridized carbons (Fsp3) is 0. The van der Waals surface area contributed by atoms with Crippen LogP contribution in [0, 0.1) is 0 Å². The number of hydrogen-bond acceptors (Lipinski definition) is 4. The highest BCUT2D eigenvalue weighted by atomic mass is 32.1. The minimum absolute atomic E-state index is 0.845. The maximum Gasteiger partial charge on any atom is 0.164 e. The van der Waals surface area contributed by atoms with Gasteiger partial charge in [-0.2, -0.15) is 0 Å². The van der Waals surface area contributed by atoms with E-state index >= 15 is 0 Å². The molecular formula is C77H44N4S3. The van der Waals surface area contributed by atoms with Crippen molar-refractivity contribution in [2.24, 2.45) is 0 Å². The summed E-state index contributed by atoms with van der Waals surface area (Å²) in [5.41, 5.74) is 14.8. The lowest BCUT2D eigenvalue weighted by atomic mass is 10.0. The molecule has 0 aliphatic rings. The Labute approximate surface area is 492 Å². The molecule has 84 heavy (non-hydrogen) atoms. The number of rotatable bonds is 6. The molecule has 0 aliphatic carbocycles. The van der Waals surface area contributed by atoms with Crippen molar-refractivity contribution < 1.29 is 0 Å². The van der Waals surface area contributed by atoms with E-state index in [-0.39, 0.29) is 0 Å². The molecule has 0 aliphatic heterocycles. The maximum absolute atomic E-state index is 6.03. The first kappa shape index (κ1) is 46.5. The fourth-order valence-electron chi connectivity index (χ4n) is 13.8. The van der Waals surface area contributed by atoms with E-state index in [9.17, 15) is 0 Å². The molecule has 0 saturated carbocycles. The van der Waals surface area contributed by atoms with Crippen LogP contribution in [0.5, 0.6) is 0 Å². The molecule has 4 nitrogen and oxygen atoms in total. The lowest BCUT2D eigenvalue weighted by molar-refractivity contribution is 0.983. The minimum atomic E-state index is 0.845. The van der Waals surface area contributed by atoms with Crippen LogP contribution in [0.15, 0.2) is 267 Å². The number of pyridine rings is 1. The highest BCUT2D eigenvalue weighted by Gasteiger charge is 2.24. The van der Waals surface area contributed by atoms with E-state index in [1.807, 2.05) is 34.0 Å². The van der Waals surface area contributed by atoms with Crippen LogP contribution in [0.4, 0.5) is 0 Å². The molecule has 19 aromatic rings. The van der Waals surface area contributed by atoms with Crippen LogP contribution in [0.25, 0.3) is 177 Å². The molecule has 0 saturated heterocycles. The highest BCUT2D eigenvalue weighted by Crippen LogP contribution is 2.45. The van der Waals surface area contributed by atoms with Crippen LogP contribution in [0.2, 0.25) is 0 Å². The lowest BCUT2D eigenvalue weighted by Crippen LogP contribution is -2.09. The number of aromatic nitrogens is 4. The molecule has 7 heteroatoms. The maximum atomic E-state index is 6.03. The van der Waals surface area contributed by atoms with Gasteiger partial charge in [-0.25, -0.2) is 4.98 Å². The van der Waals surface area contributed by atoms with E-state index in [4.69, 9.17) is 4.98 Å². The summed E-state index contributed by atoms with van der Waals surface area (Å²) in [6.45, 7) is 0. The summed E-state index contributed by atoms with van der Waals surface area (Å²) in [6, 6.07) is 99.3. The van der Waals surface area contributed by atoms with Crippen LogP contribution in [0.3, 0.4) is 0 Å². The van der Waals surface area contributed by atoms with Crippen LogP contribution < -0.4 is 0 Å². The van der Waals surface area contributed by atoms with E-state index in [1.165, 1.54) is 126 Å². The molecule has 0 radical (unpaired) electrons. The standard InChI is InChI=1S/C77H44N4S3/c1-7-19-63-51(13-1)57-39-45(48-28-35-73-60(42-48)54-16-4-10-22-70(54)82-73)25-31-66(57)79(63)69-34-38-76(80-64-20-8-2-14-52(64)58-40-46(26-32-67(58)80)49-29-36-74-61(43-49)55-17-5-11-23-71(55)83-74)78-77(69)81-65-21-9-3-15-53(65)59-41-47(27-33-68(59)81)50-30-37-75-62(44-50)56-18-6-12-24-72(56)84-75/h1-44H. The smallest absolute Gasteiger partial charge is 0.164 e. The summed E-state index contributed by atoms with van der Waals surface area (Å²) < 4.78 is 15.1. The Morgan fingerprint density at radius 3 is 0.940 bits per heavy atom. The summed E-state index contributed by atoms with van der Waals surface area (Å²) in [5, 5.41) is 14.9. The fourth-order valence-corrected chi connectivity index (χ4v) is 17.1. The molecule has 7 heterocycles. The molecule has 390 valence electrons. The summed E-state index contributed by atoms with van der Waals surface area (Å²) in [6.07, 6.45) is 0. The second-order valence-electron chi connectivity index (χ2n) is 22.2. The SMILES string of the molecule is c1ccc2c(c1)sc1ccc(-c3ccc4c(c3)c3ccccc3n4-c3ccc(-n4c5ccccc5c5cc(-c6ccc7sc8ccccc8c7c6)ccc54)c(-n4c5ccccc5c5cc(-c6ccc7sc8ccccc8c7c6)ccc54)n3)cc12. The van der Waals surface area contributed by atoms with E-state index in [1.54, 1.807) is 0 Å². The zero-order chi connectivity index (χ0) is 54.7. The Kier molecular flexibility index (Phi) is 9.78. The molecule has 0 amide bonds. The quantitative estimate of drug-likeness (QED) is 0.163. The lowest BCUT2D eigenvalue weighted by Gasteiger charge is -2.18. The van der Waals surface area contributed by atoms with Crippen molar-refractivity contribution in [2.45, 2.75) is 0 Å². The second-order valence-corrected chi connectivity index (χ2v) is 25.4. The average Bonchev–Trinajstić information content (AvgIpc) is 4.49. The van der Waals surface area contributed by atoms with E-state index in [2.05, 4.69) is 281 Å². The molecule has 0 fully saturated rings. The number of nitrogens with zero attached hydrogens (tertiary/aromatic N) is 4.